The van der Waals surface area contributed by atoms with E-state index in [1.807, 2.05) is 12.1 Å². The van der Waals surface area contributed by atoms with E-state index < -0.39 is 0 Å². The summed E-state index contributed by atoms with van der Waals surface area (Å²) in [6.07, 6.45) is -0.320. The highest BCUT2D eigenvalue weighted by Gasteiger charge is 2.25. The SMILES string of the molecule is c1ccc(-c2ccc(C3N=C(c4ccc(-c5cccc6oc7cc(-c8ccc9ccccc9c8)ccc7c56)cc4)NC(c4ccccc4)N3)cc2)cc1. The lowest BCUT2D eigenvalue weighted by atomic mass is 9.96. The first-order valence-electron chi connectivity index (χ1n) is 18.1. The lowest BCUT2D eigenvalue weighted by Crippen LogP contribution is -2.44. The van der Waals surface area contributed by atoms with Crippen molar-refractivity contribution < 1.29 is 4.42 Å². The molecule has 10 rings (SSSR count). The van der Waals surface area contributed by atoms with E-state index in [9.17, 15) is 0 Å². The smallest absolute Gasteiger partial charge is 0.136 e. The number of amidine groups is 1. The molecule has 0 fully saturated rings. The number of hydrogen-bond donors (Lipinski definition) is 2. The third kappa shape index (κ3) is 5.85. The van der Waals surface area contributed by atoms with Crippen LogP contribution in [0.25, 0.3) is 66.1 Å². The Bertz CT molecular complexity index is 2770. The van der Waals surface area contributed by atoms with E-state index in [1.165, 1.54) is 27.5 Å². The van der Waals surface area contributed by atoms with Gasteiger partial charge in [-0.2, -0.15) is 0 Å². The predicted octanol–water partition coefficient (Wildman–Crippen LogP) is 12.1. The highest BCUT2D eigenvalue weighted by molar-refractivity contribution is 6.13. The minimum absolute atomic E-state index is 0.104. The Morgan fingerprint density at radius 3 is 1.89 bits per heavy atom. The summed E-state index contributed by atoms with van der Waals surface area (Å²) >= 11 is 0. The summed E-state index contributed by atoms with van der Waals surface area (Å²) in [5.74, 6) is 0.856. The molecule has 0 radical (unpaired) electrons. The first-order chi connectivity index (χ1) is 26.2. The maximum atomic E-state index is 6.49. The van der Waals surface area contributed by atoms with Crippen molar-refractivity contribution in [1.29, 1.82) is 0 Å². The second kappa shape index (κ2) is 13.1. The molecule has 2 heterocycles. The van der Waals surface area contributed by atoms with Gasteiger partial charge < -0.3 is 9.73 Å². The molecule has 1 aromatic heterocycles. The second-order valence-electron chi connectivity index (χ2n) is 13.7. The summed E-state index contributed by atoms with van der Waals surface area (Å²) in [6, 6.07) is 66.4. The van der Waals surface area contributed by atoms with E-state index in [1.54, 1.807) is 0 Å². The summed E-state index contributed by atoms with van der Waals surface area (Å²) in [5.41, 5.74) is 12.1. The van der Waals surface area contributed by atoms with Gasteiger partial charge in [-0.05, 0) is 79.5 Å². The van der Waals surface area contributed by atoms with Crippen LogP contribution in [0.2, 0.25) is 0 Å². The Morgan fingerprint density at radius 2 is 1.08 bits per heavy atom. The van der Waals surface area contributed by atoms with Gasteiger partial charge in [-0.1, -0.05) is 164 Å². The largest absolute Gasteiger partial charge is 0.456 e. The van der Waals surface area contributed by atoms with Gasteiger partial charge in [0, 0.05) is 16.3 Å². The topological polar surface area (TPSA) is 49.6 Å². The van der Waals surface area contributed by atoms with Crippen molar-refractivity contribution in [2.24, 2.45) is 4.99 Å². The van der Waals surface area contributed by atoms with E-state index >= 15 is 0 Å². The van der Waals surface area contributed by atoms with Gasteiger partial charge in [0.05, 0.1) is 0 Å². The van der Waals surface area contributed by atoms with E-state index in [2.05, 4.69) is 187 Å². The van der Waals surface area contributed by atoms with Gasteiger partial charge >= 0.3 is 0 Å². The summed E-state index contributed by atoms with van der Waals surface area (Å²) in [5, 5.41) is 12.1. The van der Waals surface area contributed by atoms with Gasteiger partial charge in [0.15, 0.2) is 0 Å². The van der Waals surface area contributed by atoms with Crippen molar-refractivity contribution in [3.63, 3.8) is 0 Å². The zero-order chi connectivity index (χ0) is 35.1. The maximum Gasteiger partial charge on any atom is 0.136 e. The number of nitrogens with zero attached hydrogens (tertiary/aromatic N) is 1. The molecule has 4 heteroatoms. The van der Waals surface area contributed by atoms with Crippen LogP contribution in [-0.2, 0) is 0 Å². The Kier molecular flexibility index (Phi) is 7.67. The molecule has 0 bridgehead atoms. The molecule has 252 valence electrons. The van der Waals surface area contributed by atoms with Crippen molar-refractivity contribution in [2.75, 3.05) is 0 Å². The van der Waals surface area contributed by atoms with Gasteiger partial charge in [0.1, 0.15) is 29.3 Å². The van der Waals surface area contributed by atoms with Crippen molar-refractivity contribution in [2.45, 2.75) is 12.3 Å². The zero-order valence-electron chi connectivity index (χ0n) is 28.9. The number of aliphatic imine (C=N–C) groups is 1. The maximum absolute atomic E-state index is 6.49. The number of nitrogens with one attached hydrogen (secondary N) is 2. The van der Waals surface area contributed by atoms with Crippen LogP contribution in [0.4, 0.5) is 0 Å². The summed E-state index contributed by atoms with van der Waals surface area (Å²) in [4.78, 5) is 5.21. The third-order valence-electron chi connectivity index (χ3n) is 10.4. The molecule has 0 saturated heterocycles. The number of fused-ring (bicyclic) bond motifs is 4. The minimum Gasteiger partial charge on any atom is -0.456 e. The number of benzene rings is 8. The van der Waals surface area contributed by atoms with Crippen LogP contribution in [0.15, 0.2) is 197 Å². The summed E-state index contributed by atoms with van der Waals surface area (Å²) in [7, 11) is 0. The molecule has 2 atom stereocenters. The summed E-state index contributed by atoms with van der Waals surface area (Å²) in [6.45, 7) is 0. The normalized spacial score (nSPS) is 15.7. The average Bonchev–Trinajstić information content (AvgIpc) is 3.62. The first kappa shape index (κ1) is 31.0. The molecule has 0 amide bonds. The van der Waals surface area contributed by atoms with Crippen molar-refractivity contribution in [3.05, 3.63) is 205 Å². The van der Waals surface area contributed by atoms with Crippen LogP contribution >= 0.6 is 0 Å². The van der Waals surface area contributed by atoms with Crippen molar-refractivity contribution in [3.8, 4) is 33.4 Å². The molecule has 0 saturated carbocycles. The number of rotatable bonds is 6. The Labute approximate surface area is 308 Å². The molecule has 1 aliphatic heterocycles. The van der Waals surface area contributed by atoms with Crippen molar-refractivity contribution >= 4 is 38.5 Å². The fourth-order valence-corrected chi connectivity index (χ4v) is 7.60. The highest BCUT2D eigenvalue weighted by atomic mass is 16.3. The van der Waals surface area contributed by atoms with Gasteiger partial charge in [-0.3, -0.25) is 5.32 Å². The average molecular weight is 682 g/mol. The van der Waals surface area contributed by atoms with E-state index in [4.69, 9.17) is 9.41 Å². The molecule has 0 spiro atoms. The molecular weight excluding hydrogens is 647 g/mol. The number of hydrogen-bond acceptors (Lipinski definition) is 4. The third-order valence-corrected chi connectivity index (χ3v) is 10.4. The van der Waals surface area contributed by atoms with Gasteiger partial charge in [-0.15, -0.1) is 0 Å². The molecule has 2 unspecified atom stereocenters. The Hall–Kier alpha value is -6.75. The Balaban J connectivity index is 0.982. The molecular formula is C49H35N3O. The summed E-state index contributed by atoms with van der Waals surface area (Å²) < 4.78 is 6.49. The lowest BCUT2D eigenvalue weighted by molar-refractivity contribution is 0.409. The van der Waals surface area contributed by atoms with Crippen LogP contribution in [0, 0.1) is 0 Å². The molecule has 9 aromatic rings. The van der Waals surface area contributed by atoms with Crippen molar-refractivity contribution in [1.82, 2.24) is 10.6 Å². The molecule has 4 nitrogen and oxygen atoms in total. The van der Waals surface area contributed by atoms with Gasteiger partial charge in [-0.25, -0.2) is 4.99 Å². The number of furan rings is 1. The zero-order valence-corrected chi connectivity index (χ0v) is 28.9. The van der Waals surface area contributed by atoms with Crippen LogP contribution in [0.3, 0.4) is 0 Å². The van der Waals surface area contributed by atoms with E-state index in [0.29, 0.717) is 0 Å². The van der Waals surface area contributed by atoms with E-state index in [-0.39, 0.29) is 12.3 Å². The molecule has 1 aliphatic rings. The van der Waals surface area contributed by atoms with Gasteiger partial charge in [0.25, 0.3) is 0 Å². The van der Waals surface area contributed by atoms with Crippen LogP contribution in [-0.4, -0.2) is 5.84 Å². The molecule has 53 heavy (non-hydrogen) atoms. The second-order valence-corrected chi connectivity index (χ2v) is 13.7. The van der Waals surface area contributed by atoms with Crippen LogP contribution < -0.4 is 10.6 Å². The molecule has 8 aromatic carbocycles. The first-order valence-corrected chi connectivity index (χ1v) is 18.1. The van der Waals surface area contributed by atoms with Crippen LogP contribution in [0.1, 0.15) is 29.0 Å². The lowest BCUT2D eigenvalue weighted by Gasteiger charge is -2.32. The minimum atomic E-state index is -0.216. The van der Waals surface area contributed by atoms with Crippen LogP contribution in [0.5, 0.6) is 0 Å². The fraction of sp³-hybridized carbons (Fsp3) is 0.0408. The predicted molar refractivity (Wildman–Crippen MR) is 219 cm³/mol. The standard InChI is InChI=1S/C49H35N3O/c1-3-10-32(11-4-1)34-18-23-37(24-19-34)48-50-47(36-13-5-2-6-14-36)51-49(52-48)38-25-21-35(22-26-38)42-16-9-17-44-46(42)43-29-28-41(31-45(43)53-44)40-27-20-33-12-7-8-15-39(33)30-40/h1-31,47-48,50H,(H,51,52). The fourth-order valence-electron chi connectivity index (χ4n) is 7.60. The highest BCUT2D eigenvalue weighted by Crippen LogP contribution is 2.39. The quantitative estimate of drug-likeness (QED) is 0.184. The molecule has 2 N–H and O–H groups in total. The van der Waals surface area contributed by atoms with Gasteiger partial charge in [0.2, 0.25) is 0 Å². The van der Waals surface area contributed by atoms with E-state index in [0.717, 1.165) is 61.2 Å². The Morgan fingerprint density at radius 1 is 0.434 bits per heavy atom. The molecule has 0 aliphatic carbocycles. The monoisotopic (exact) mass is 681 g/mol.